The molecule has 2 N–H and O–H groups in total. The lowest BCUT2D eigenvalue weighted by atomic mass is 9.86. The minimum absolute atomic E-state index is 0.0233. The van der Waals surface area contributed by atoms with Crippen molar-refractivity contribution in [2.45, 2.75) is 46.2 Å². The second-order valence-electron chi connectivity index (χ2n) is 5.88. The highest BCUT2D eigenvalue weighted by molar-refractivity contribution is 5.81. The molecule has 0 aliphatic heterocycles. The molecule has 0 spiro atoms. The summed E-state index contributed by atoms with van der Waals surface area (Å²) < 4.78 is 0. The highest BCUT2D eigenvalue weighted by Crippen LogP contribution is 2.26. The lowest BCUT2D eigenvalue weighted by molar-refractivity contribution is -0.136. The Labute approximate surface area is 98.7 Å². The molecule has 0 fully saturated rings. The van der Waals surface area contributed by atoms with E-state index in [9.17, 15) is 4.79 Å². The van der Waals surface area contributed by atoms with Gasteiger partial charge in [-0.05, 0) is 18.8 Å². The predicted octanol–water partition coefficient (Wildman–Crippen LogP) is 1.78. The predicted molar refractivity (Wildman–Crippen MR) is 66.9 cm³/mol. The van der Waals surface area contributed by atoms with Gasteiger partial charge in [-0.25, -0.2) is 0 Å². The first-order chi connectivity index (χ1) is 7.23. The summed E-state index contributed by atoms with van der Waals surface area (Å²) >= 11 is 0. The minimum atomic E-state index is -0.0233. The van der Waals surface area contributed by atoms with Crippen LogP contribution in [0.5, 0.6) is 0 Å². The van der Waals surface area contributed by atoms with Gasteiger partial charge in [0, 0.05) is 19.1 Å². The Morgan fingerprint density at radius 3 is 2.38 bits per heavy atom. The molecule has 0 saturated carbocycles. The van der Waals surface area contributed by atoms with Gasteiger partial charge < -0.3 is 10.6 Å². The molecule has 0 saturated heterocycles. The average Bonchev–Trinajstić information content (AvgIpc) is 2.60. The number of carbonyl (C=O) groups is 1. The van der Waals surface area contributed by atoms with E-state index in [-0.39, 0.29) is 29.3 Å². The van der Waals surface area contributed by atoms with Crippen LogP contribution in [-0.2, 0) is 4.79 Å². The Bertz CT molecular complexity index is 291. The second-order valence-corrected chi connectivity index (χ2v) is 5.88. The Hall–Kier alpha value is -0.830. The van der Waals surface area contributed by atoms with Gasteiger partial charge >= 0.3 is 0 Å². The number of amides is 1. The first-order valence-corrected chi connectivity index (χ1v) is 5.94. The SMILES string of the molecule is CC(N(C)C(=O)C1C=CC(N)C1)C(C)(C)C. The number of hydrogen-bond acceptors (Lipinski definition) is 2. The van der Waals surface area contributed by atoms with Gasteiger partial charge in [0.1, 0.15) is 0 Å². The highest BCUT2D eigenvalue weighted by atomic mass is 16.2. The topological polar surface area (TPSA) is 46.3 Å². The summed E-state index contributed by atoms with van der Waals surface area (Å²) in [7, 11) is 1.88. The molecule has 92 valence electrons. The smallest absolute Gasteiger partial charge is 0.229 e. The van der Waals surface area contributed by atoms with Crippen molar-refractivity contribution in [2.24, 2.45) is 17.1 Å². The maximum atomic E-state index is 12.2. The third-order valence-corrected chi connectivity index (χ3v) is 3.62. The Morgan fingerprint density at radius 1 is 1.44 bits per heavy atom. The molecule has 0 aromatic carbocycles. The van der Waals surface area contributed by atoms with Crippen molar-refractivity contribution >= 4 is 5.91 Å². The van der Waals surface area contributed by atoms with Gasteiger partial charge in [-0.2, -0.15) is 0 Å². The first kappa shape index (κ1) is 13.2. The zero-order valence-electron chi connectivity index (χ0n) is 11.0. The van der Waals surface area contributed by atoms with E-state index in [4.69, 9.17) is 5.73 Å². The van der Waals surface area contributed by atoms with Crippen molar-refractivity contribution in [3.63, 3.8) is 0 Å². The van der Waals surface area contributed by atoms with Crippen LogP contribution in [0, 0.1) is 11.3 Å². The van der Waals surface area contributed by atoms with E-state index in [2.05, 4.69) is 27.7 Å². The van der Waals surface area contributed by atoms with Crippen LogP contribution in [0.25, 0.3) is 0 Å². The molecule has 0 aromatic rings. The summed E-state index contributed by atoms with van der Waals surface area (Å²) in [4.78, 5) is 14.1. The molecule has 3 heteroatoms. The molecular weight excluding hydrogens is 200 g/mol. The fraction of sp³-hybridized carbons (Fsp3) is 0.769. The number of nitrogens with zero attached hydrogens (tertiary/aromatic N) is 1. The van der Waals surface area contributed by atoms with Crippen LogP contribution in [0.3, 0.4) is 0 Å². The number of carbonyl (C=O) groups excluding carboxylic acids is 1. The molecule has 0 aromatic heterocycles. The normalized spacial score (nSPS) is 26.9. The molecule has 1 rings (SSSR count). The van der Waals surface area contributed by atoms with Crippen LogP contribution in [0.4, 0.5) is 0 Å². The largest absolute Gasteiger partial charge is 0.342 e. The summed E-state index contributed by atoms with van der Waals surface area (Å²) in [5, 5.41) is 0. The van der Waals surface area contributed by atoms with Crippen molar-refractivity contribution in [3.05, 3.63) is 12.2 Å². The molecule has 0 radical (unpaired) electrons. The van der Waals surface area contributed by atoms with Crippen molar-refractivity contribution in [1.82, 2.24) is 4.90 Å². The lowest BCUT2D eigenvalue weighted by Gasteiger charge is -2.36. The minimum Gasteiger partial charge on any atom is -0.342 e. The quantitative estimate of drug-likeness (QED) is 0.727. The van der Waals surface area contributed by atoms with Crippen molar-refractivity contribution in [1.29, 1.82) is 0 Å². The molecule has 1 amide bonds. The summed E-state index contributed by atoms with van der Waals surface area (Å²) in [6.07, 6.45) is 4.62. The average molecular weight is 224 g/mol. The summed E-state index contributed by atoms with van der Waals surface area (Å²) in [5.41, 5.74) is 5.87. The zero-order valence-corrected chi connectivity index (χ0v) is 11.0. The lowest BCUT2D eigenvalue weighted by Crippen LogP contribution is -2.45. The van der Waals surface area contributed by atoms with E-state index in [0.717, 1.165) is 6.42 Å². The molecular formula is C13H24N2O. The van der Waals surface area contributed by atoms with E-state index in [1.165, 1.54) is 0 Å². The first-order valence-electron chi connectivity index (χ1n) is 5.94. The van der Waals surface area contributed by atoms with Crippen molar-refractivity contribution < 1.29 is 4.79 Å². The third kappa shape index (κ3) is 2.85. The van der Waals surface area contributed by atoms with E-state index in [1.807, 2.05) is 24.1 Å². The molecule has 0 heterocycles. The Kier molecular flexibility index (Phi) is 3.79. The van der Waals surface area contributed by atoms with E-state index in [0.29, 0.717) is 0 Å². The molecule has 3 nitrogen and oxygen atoms in total. The molecule has 16 heavy (non-hydrogen) atoms. The van der Waals surface area contributed by atoms with Gasteiger partial charge in [0.25, 0.3) is 0 Å². The zero-order chi connectivity index (χ0) is 12.5. The fourth-order valence-corrected chi connectivity index (χ4v) is 1.94. The van der Waals surface area contributed by atoms with E-state index >= 15 is 0 Å². The van der Waals surface area contributed by atoms with Gasteiger partial charge in [-0.1, -0.05) is 32.9 Å². The molecule has 3 atom stereocenters. The van der Waals surface area contributed by atoms with Crippen LogP contribution in [0.1, 0.15) is 34.1 Å². The Balaban J connectivity index is 2.65. The van der Waals surface area contributed by atoms with E-state index < -0.39 is 0 Å². The number of rotatable bonds is 2. The monoisotopic (exact) mass is 224 g/mol. The summed E-state index contributed by atoms with van der Waals surface area (Å²) in [6.45, 7) is 8.55. The van der Waals surface area contributed by atoms with Crippen molar-refractivity contribution in [3.8, 4) is 0 Å². The van der Waals surface area contributed by atoms with Crippen LogP contribution >= 0.6 is 0 Å². The number of nitrogens with two attached hydrogens (primary N) is 1. The van der Waals surface area contributed by atoms with Crippen molar-refractivity contribution in [2.75, 3.05) is 7.05 Å². The maximum Gasteiger partial charge on any atom is 0.229 e. The molecule has 0 bridgehead atoms. The van der Waals surface area contributed by atoms with Crippen LogP contribution in [-0.4, -0.2) is 29.9 Å². The van der Waals surface area contributed by atoms with Gasteiger partial charge in [0.05, 0.1) is 5.92 Å². The second kappa shape index (κ2) is 4.58. The molecule has 1 aliphatic rings. The standard InChI is InChI=1S/C13H24N2O/c1-9(13(2,3)4)15(5)12(16)10-6-7-11(14)8-10/h6-7,9-11H,8,14H2,1-5H3. The molecule has 3 unspecified atom stereocenters. The highest BCUT2D eigenvalue weighted by Gasteiger charge is 2.31. The summed E-state index contributed by atoms with van der Waals surface area (Å²) in [5.74, 6) is 0.163. The van der Waals surface area contributed by atoms with Gasteiger partial charge in [0.15, 0.2) is 0 Å². The van der Waals surface area contributed by atoms with E-state index in [1.54, 1.807) is 0 Å². The van der Waals surface area contributed by atoms with Gasteiger partial charge in [-0.3, -0.25) is 4.79 Å². The number of hydrogen-bond donors (Lipinski definition) is 1. The van der Waals surface area contributed by atoms with Gasteiger partial charge in [0.2, 0.25) is 5.91 Å². The maximum absolute atomic E-state index is 12.2. The van der Waals surface area contributed by atoms with Gasteiger partial charge in [-0.15, -0.1) is 0 Å². The summed E-state index contributed by atoms with van der Waals surface area (Å²) in [6, 6.07) is 0.275. The fourth-order valence-electron chi connectivity index (χ4n) is 1.94. The Morgan fingerprint density at radius 2 is 2.00 bits per heavy atom. The van der Waals surface area contributed by atoms with Crippen LogP contribution < -0.4 is 5.73 Å². The molecule has 1 aliphatic carbocycles. The van der Waals surface area contributed by atoms with Crippen LogP contribution in [0.2, 0.25) is 0 Å². The van der Waals surface area contributed by atoms with Crippen LogP contribution in [0.15, 0.2) is 12.2 Å². The third-order valence-electron chi connectivity index (χ3n) is 3.62.